The van der Waals surface area contributed by atoms with Gasteiger partial charge in [-0.25, -0.2) is 0 Å². The van der Waals surface area contributed by atoms with Crippen LogP contribution in [-0.2, 0) is 14.3 Å². The van der Waals surface area contributed by atoms with Crippen LogP contribution in [0, 0.1) is 0 Å². The fourth-order valence-electron chi connectivity index (χ4n) is 7.33. The number of unbranched alkanes of at least 4 members (excludes halogenated alkanes) is 25. The van der Waals surface area contributed by atoms with Crippen molar-refractivity contribution in [2.75, 3.05) is 6.61 Å². The predicted molar refractivity (Wildman–Crippen MR) is 259 cm³/mol. The van der Waals surface area contributed by atoms with Crippen LogP contribution in [0.4, 0.5) is 0 Å². The summed E-state index contributed by atoms with van der Waals surface area (Å²) in [7, 11) is 0. The summed E-state index contributed by atoms with van der Waals surface area (Å²) in [5.41, 5.74) is 0. The third-order valence-electron chi connectivity index (χ3n) is 11.1. The van der Waals surface area contributed by atoms with Crippen LogP contribution >= 0.6 is 0 Å². The highest BCUT2D eigenvalue weighted by Gasteiger charge is 2.23. The highest BCUT2D eigenvalue weighted by molar-refractivity contribution is 5.77. The van der Waals surface area contributed by atoms with Crippen molar-refractivity contribution in [1.82, 2.24) is 5.32 Å². The van der Waals surface area contributed by atoms with Crippen LogP contribution < -0.4 is 5.32 Å². The summed E-state index contributed by atoms with van der Waals surface area (Å²) in [6.45, 7) is 6.29. The third-order valence-corrected chi connectivity index (χ3v) is 11.1. The number of rotatable bonds is 44. The van der Waals surface area contributed by atoms with E-state index in [0.29, 0.717) is 19.3 Å². The molecule has 0 spiro atoms. The standard InChI is InChI=1S/C54H95NO5/c1-4-7-10-13-16-19-22-24-25-26-27-28-29-32-35-38-41-44-47-54(59)60-50(45-42-39-36-33-30-21-18-15-12-9-6-3)48-53(58)55-51(49-56)52(57)46-43-40-37-34-31-23-20-17-14-11-8-5-2/h9,12,15,18,21,27-28,30,33,36,39,42,50-52,56-57H,4-8,10-11,13-14,16-17,19-20,22-26,29,31-32,34-35,37-38,40-41,43-49H2,1-3H3,(H,55,58)/b12-9+,18-15+,28-27+,30-21-,36-33-,42-39+. The van der Waals surface area contributed by atoms with Gasteiger partial charge in [0.15, 0.2) is 0 Å². The van der Waals surface area contributed by atoms with E-state index < -0.39 is 18.2 Å². The molecule has 1 amide bonds. The number of hydrogen-bond donors (Lipinski definition) is 3. The molecule has 0 saturated carbocycles. The van der Waals surface area contributed by atoms with Crippen molar-refractivity contribution in [2.45, 2.75) is 251 Å². The van der Waals surface area contributed by atoms with E-state index in [1.54, 1.807) is 0 Å². The van der Waals surface area contributed by atoms with Gasteiger partial charge in [0.1, 0.15) is 6.10 Å². The fourth-order valence-corrected chi connectivity index (χ4v) is 7.33. The average molecular weight is 838 g/mol. The molecule has 0 aromatic carbocycles. The summed E-state index contributed by atoms with van der Waals surface area (Å²) in [6, 6.07) is -0.742. The second-order valence-electron chi connectivity index (χ2n) is 17.0. The summed E-state index contributed by atoms with van der Waals surface area (Å²) in [5, 5.41) is 23.6. The van der Waals surface area contributed by atoms with Gasteiger partial charge in [-0.1, -0.05) is 241 Å². The van der Waals surface area contributed by atoms with Gasteiger partial charge in [-0.3, -0.25) is 9.59 Å². The van der Waals surface area contributed by atoms with Gasteiger partial charge in [-0.2, -0.15) is 0 Å². The number of amides is 1. The van der Waals surface area contributed by atoms with Crippen LogP contribution in [0.5, 0.6) is 0 Å². The van der Waals surface area contributed by atoms with Gasteiger partial charge in [0.05, 0.1) is 25.2 Å². The third kappa shape index (κ3) is 42.0. The first kappa shape index (κ1) is 57.3. The van der Waals surface area contributed by atoms with Crippen molar-refractivity contribution in [3.05, 3.63) is 72.9 Å². The molecule has 3 unspecified atom stereocenters. The van der Waals surface area contributed by atoms with E-state index in [-0.39, 0.29) is 24.9 Å². The molecule has 3 atom stereocenters. The lowest BCUT2D eigenvalue weighted by atomic mass is 10.0. The van der Waals surface area contributed by atoms with Crippen LogP contribution in [0.2, 0.25) is 0 Å². The number of carbonyl (C=O) groups is 2. The lowest BCUT2D eigenvalue weighted by molar-refractivity contribution is -0.150. The molecule has 0 rings (SSSR count). The maximum absolute atomic E-state index is 13.1. The van der Waals surface area contributed by atoms with Crippen molar-refractivity contribution in [2.24, 2.45) is 0 Å². The highest BCUT2D eigenvalue weighted by Crippen LogP contribution is 2.16. The number of allylic oxidation sites excluding steroid dienone is 11. The second kappa shape index (κ2) is 47.4. The van der Waals surface area contributed by atoms with E-state index in [1.165, 1.54) is 128 Å². The molecule has 0 aromatic rings. The molecular weight excluding hydrogens is 743 g/mol. The number of carbonyl (C=O) groups excluding carboxylic acids is 2. The Hall–Kier alpha value is -2.70. The van der Waals surface area contributed by atoms with Gasteiger partial charge in [-0.05, 0) is 44.9 Å². The number of hydrogen-bond acceptors (Lipinski definition) is 5. The minimum absolute atomic E-state index is 0.0236. The van der Waals surface area contributed by atoms with Crippen molar-refractivity contribution in [3.63, 3.8) is 0 Å². The minimum Gasteiger partial charge on any atom is -0.461 e. The van der Waals surface area contributed by atoms with Crippen LogP contribution in [0.1, 0.15) is 233 Å². The number of aliphatic hydroxyl groups excluding tert-OH is 2. The summed E-state index contributed by atoms with van der Waals surface area (Å²) in [5.74, 6) is -0.618. The monoisotopic (exact) mass is 838 g/mol. The van der Waals surface area contributed by atoms with Crippen molar-refractivity contribution >= 4 is 11.9 Å². The molecule has 3 N–H and O–H groups in total. The molecule has 346 valence electrons. The van der Waals surface area contributed by atoms with Gasteiger partial charge in [0, 0.05) is 12.8 Å². The molecule has 0 heterocycles. The Morgan fingerprint density at radius 3 is 1.40 bits per heavy atom. The van der Waals surface area contributed by atoms with Crippen molar-refractivity contribution in [1.29, 1.82) is 0 Å². The summed E-state index contributed by atoms with van der Waals surface area (Å²) in [6.07, 6.45) is 59.9. The minimum atomic E-state index is -0.820. The Bertz CT molecular complexity index is 1120. The molecule has 0 radical (unpaired) electrons. The van der Waals surface area contributed by atoms with E-state index in [9.17, 15) is 19.8 Å². The van der Waals surface area contributed by atoms with Gasteiger partial charge < -0.3 is 20.3 Å². The van der Waals surface area contributed by atoms with E-state index in [2.05, 4.69) is 44.3 Å². The normalized spacial score (nSPS) is 13.9. The number of nitrogens with one attached hydrogen (secondary N) is 1. The molecule has 0 aliphatic carbocycles. The highest BCUT2D eigenvalue weighted by atomic mass is 16.5. The smallest absolute Gasteiger partial charge is 0.306 e. The quantitative estimate of drug-likeness (QED) is 0.0246. The molecule has 60 heavy (non-hydrogen) atoms. The maximum Gasteiger partial charge on any atom is 0.306 e. The van der Waals surface area contributed by atoms with Crippen molar-refractivity contribution in [3.8, 4) is 0 Å². The summed E-state index contributed by atoms with van der Waals surface area (Å²) < 4.78 is 5.83. The topological polar surface area (TPSA) is 95.9 Å². The van der Waals surface area contributed by atoms with Gasteiger partial charge in [0.2, 0.25) is 5.91 Å². The van der Waals surface area contributed by atoms with Gasteiger partial charge in [-0.15, -0.1) is 0 Å². The molecule has 0 aliphatic rings. The van der Waals surface area contributed by atoms with Crippen LogP contribution in [0.25, 0.3) is 0 Å². The Balaban J connectivity index is 4.63. The molecule has 0 bridgehead atoms. The first-order chi connectivity index (χ1) is 29.5. The van der Waals surface area contributed by atoms with Crippen LogP contribution in [0.15, 0.2) is 72.9 Å². The zero-order chi connectivity index (χ0) is 43.8. The molecule has 0 aromatic heterocycles. The van der Waals surface area contributed by atoms with Crippen LogP contribution in [-0.4, -0.2) is 46.9 Å². The molecule has 0 fully saturated rings. The van der Waals surface area contributed by atoms with Gasteiger partial charge in [0.25, 0.3) is 0 Å². The maximum atomic E-state index is 13.1. The molecule has 6 nitrogen and oxygen atoms in total. The largest absolute Gasteiger partial charge is 0.461 e. The molecule has 0 saturated heterocycles. The van der Waals surface area contributed by atoms with E-state index in [4.69, 9.17) is 4.74 Å². The zero-order valence-corrected chi connectivity index (χ0v) is 39.3. The first-order valence-corrected chi connectivity index (χ1v) is 25.2. The lowest BCUT2D eigenvalue weighted by Gasteiger charge is -2.24. The van der Waals surface area contributed by atoms with Gasteiger partial charge >= 0.3 is 5.97 Å². The molecule has 6 heteroatoms. The van der Waals surface area contributed by atoms with Crippen LogP contribution in [0.3, 0.4) is 0 Å². The zero-order valence-electron chi connectivity index (χ0n) is 39.3. The predicted octanol–water partition coefficient (Wildman–Crippen LogP) is 15.0. The Kier molecular flexibility index (Phi) is 45.2. The number of aliphatic hydroxyl groups is 2. The summed E-state index contributed by atoms with van der Waals surface area (Å²) in [4.78, 5) is 26.0. The first-order valence-electron chi connectivity index (χ1n) is 25.2. The Morgan fingerprint density at radius 2 is 0.933 bits per heavy atom. The molecule has 0 aliphatic heterocycles. The van der Waals surface area contributed by atoms with E-state index >= 15 is 0 Å². The second-order valence-corrected chi connectivity index (χ2v) is 17.0. The molecular formula is C54H95NO5. The van der Waals surface area contributed by atoms with E-state index in [1.807, 2.05) is 54.7 Å². The Morgan fingerprint density at radius 1 is 0.517 bits per heavy atom. The Labute approximate surface area is 371 Å². The average Bonchev–Trinajstić information content (AvgIpc) is 3.24. The number of esters is 1. The fraction of sp³-hybridized carbons (Fsp3) is 0.741. The van der Waals surface area contributed by atoms with Crippen molar-refractivity contribution < 1.29 is 24.5 Å². The lowest BCUT2D eigenvalue weighted by Crippen LogP contribution is -2.46. The SMILES string of the molecule is CC/C=C/C=C/C=C\C=C/C=C/CC(CC(=O)NC(CO)C(O)CCCCCCCCCCCCCC)OC(=O)CCCCCCC/C=C/CCCCCCCCCCC. The summed E-state index contributed by atoms with van der Waals surface area (Å²) >= 11 is 0. The number of ether oxygens (including phenoxy) is 1. The van der Waals surface area contributed by atoms with E-state index in [0.717, 1.165) is 57.8 Å².